The number of aromatic nitrogens is 1. The second-order valence-corrected chi connectivity index (χ2v) is 3.97. The number of aryl methyl sites for hydroxylation is 1. The van der Waals surface area contributed by atoms with Gasteiger partial charge in [0.15, 0.2) is 11.5 Å². The van der Waals surface area contributed by atoms with E-state index < -0.39 is 17.3 Å². The van der Waals surface area contributed by atoms with E-state index >= 15 is 0 Å². The van der Waals surface area contributed by atoms with Gasteiger partial charge in [0.1, 0.15) is 0 Å². The normalized spacial score (nSPS) is 9.95. The minimum Gasteiger partial charge on any atom is -0.478 e. The molecule has 19 heavy (non-hydrogen) atoms. The molecule has 5 heteroatoms. The van der Waals surface area contributed by atoms with Gasteiger partial charge in [0.25, 0.3) is 0 Å². The molecule has 2 aromatic rings. The van der Waals surface area contributed by atoms with Crippen molar-refractivity contribution in [1.82, 2.24) is 4.98 Å². The summed E-state index contributed by atoms with van der Waals surface area (Å²) in [7, 11) is 0. The van der Waals surface area contributed by atoms with Gasteiger partial charge in [0, 0.05) is 0 Å². The van der Waals surface area contributed by atoms with Crippen LogP contribution in [0.2, 0.25) is 0 Å². The fourth-order valence-electron chi connectivity index (χ4n) is 1.65. The average molecular weight is 256 g/mol. The molecule has 0 aliphatic heterocycles. The van der Waals surface area contributed by atoms with Crippen molar-refractivity contribution in [3.8, 4) is 11.3 Å². The third-order valence-electron chi connectivity index (χ3n) is 2.71. The van der Waals surface area contributed by atoms with E-state index in [1.807, 2.05) is 0 Å². The zero-order valence-corrected chi connectivity index (χ0v) is 10.0. The highest BCUT2D eigenvalue weighted by molar-refractivity contribution is 5.89. The van der Waals surface area contributed by atoms with E-state index in [1.165, 1.54) is 0 Å². The summed E-state index contributed by atoms with van der Waals surface area (Å²) in [6.45, 7) is 8.84. The number of nitrogens with zero attached hydrogens (tertiary/aromatic N) is 2. The molecular weight excluding hydrogens is 247 g/mol. The molecule has 0 saturated carbocycles. The predicted octanol–water partition coefficient (Wildman–Crippen LogP) is 3.45. The van der Waals surface area contributed by atoms with E-state index in [-0.39, 0.29) is 0 Å². The molecule has 0 spiro atoms. The molecular formula is C14H9FN2O2. The number of halogens is 1. The molecule has 0 bridgehead atoms. The Balaban J connectivity index is 2.57. The average Bonchev–Trinajstić information content (AvgIpc) is 2.39. The van der Waals surface area contributed by atoms with Crippen molar-refractivity contribution in [2.75, 3.05) is 0 Å². The molecule has 1 aromatic heterocycles. The number of hydrogen-bond donors (Lipinski definition) is 1. The molecule has 0 radical (unpaired) electrons. The standard InChI is InChI=1S/C14H9FN2O2/c1-8-3-4-9(5-12(8)16-2)13-6-10(14(18)19)11(15)7-17-13/h3-7H,1H3,(H,18,19). The van der Waals surface area contributed by atoms with Crippen molar-refractivity contribution in [3.63, 3.8) is 0 Å². The molecule has 1 aromatic carbocycles. The Kier molecular flexibility index (Phi) is 3.25. The number of rotatable bonds is 2. The van der Waals surface area contributed by atoms with E-state index in [0.29, 0.717) is 16.9 Å². The monoisotopic (exact) mass is 256 g/mol. The molecule has 0 unspecified atom stereocenters. The van der Waals surface area contributed by atoms with Gasteiger partial charge in [-0.15, -0.1) is 0 Å². The number of benzene rings is 1. The molecule has 2 rings (SSSR count). The lowest BCUT2D eigenvalue weighted by Crippen LogP contribution is -2.02. The summed E-state index contributed by atoms with van der Waals surface area (Å²) in [5.41, 5.74) is 1.75. The van der Waals surface area contributed by atoms with Gasteiger partial charge in [0.05, 0.1) is 24.0 Å². The predicted molar refractivity (Wildman–Crippen MR) is 67.6 cm³/mol. The van der Waals surface area contributed by atoms with Gasteiger partial charge >= 0.3 is 5.97 Å². The van der Waals surface area contributed by atoms with Crippen LogP contribution in [-0.2, 0) is 0 Å². The van der Waals surface area contributed by atoms with Crippen molar-refractivity contribution in [1.29, 1.82) is 0 Å². The van der Waals surface area contributed by atoms with Crippen molar-refractivity contribution >= 4 is 11.7 Å². The first-order valence-electron chi connectivity index (χ1n) is 5.40. The number of carboxylic acid groups (broad SMARTS) is 1. The van der Waals surface area contributed by atoms with Crippen LogP contribution in [0.1, 0.15) is 15.9 Å². The van der Waals surface area contributed by atoms with Gasteiger partial charge in [-0.1, -0.05) is 12.1 Å². The highest BCUT2D eigenvalue weighted by Gasteiger charge is 2.13. The topological polar surface area (TPSA) is 54.5 Å². The first kappa shape index (κ1) is 12.7. The van der Waals surface area contributed by atoms with Gasteiger partial charge in [-0.05, 0) is 30.2 Å². The summed E-state index contributed by atoms with van der Waals surface area (Å²) in [4.78, 5) is 18.1. The summed E-state index contributed by atoms with van der Waals surface area (Å²) >= 11 is 0. The van der Waals surface area contributed by atoms with Crippen LogP contribution in [0, 0.1) is 19.3 Å². The first-order chi connectivity index (χ1) is 9.02. The quantitative estimate of drug-likeness (QED) is 0.837. The highest BCUT2D eigenvalue weighted by Crippen LogP contribution is 2.27. The summed E-state index contributed by atoms with van der Waals surface area (Å²) in [5, 5.41) is 8.87. The summed E-state index contributed by atoms with van der Waals surface area (Å²) < 4.78 is 13.3. The van der Waals surface area contributed by atoms with E-state index in [1.54, 1.807) is 25.1 Å². The Morgan fingerprint density at radius 3 is 2.79 bits per heavy atom. The lowest BCUT2D eigenvalue weighted by atomic mass is 10.1. The van der Waals surface area contributed by atoms with Crippen LogP contribution in [0.3, 0.4) is 0 Å². The van der Waals surface area contributed by atoms with Crippen molar-refractivity contribution < 1.29 is 14.3 Å². The van der Waals surface area contributed by atoms with E-state index in [0.717, 1.165) is 17.8 Å². The van der Waals surface area contributed by atoms with Crippen LogP contribution in [-0.4, -0.2) is 16.1 Å². The second-order valence-electron chi connectivity index (χ2n) is 3.97. The fourth-order valence-corrected chi connectivity index (χ4v) is 1.65. The lowest BCUT2D eigenvalue weighted by molar-refractivity contribution is 0.0691. The number of pyridine rings is 1. The molecule has 0 saturated heterocycles. The van der Waals surface area contributed by atoms with Crippen LogP contribution < -0.4 is 0 Å². The molecule has 1 N–H and O–H groups in total. The maximum Gasteiger partial charge on any atom is 0.338 e. The number of carbonyl (C=O) groups is 1. The van der Waals surface area contributed by atoms with Gasteiger partial charge in [-0.3, -0.25) is 4.98 Å². The molecule has 0 atom stereocenters. The van der Waals surface area contributed by atoms with Crippen LogP contribution >= 0.6 is 0 Å². The largest absolute Gasteiger partial charge is 0.478 e. The summed E-state index contributed by atoms with van der Waals surface area (Å²) in [6, 6.07) is 6.23. The number of aromatic carboxylic acids is 1. The van der Waals surface area contributed by atoms with Crippen molar-refractivity contribution in [3.05, 3.63) is 58.8 Å². The van der Waals surface area contributed by atoms with E-state index in [9.17, 15) is 9.18 Å². The third kappa shape index (κ3) is 2.43. The molecule has 0 aliphatic rings. The smallest absolute Gasteiger partial charge is 0.338 e. The Bertz CT molecular complexity index is 705. The molecule has 4 nitrogen and oxygen atoms in total. The zero-order chi connectivity index (χ0) is 14.0. The minimum absolute atomic E-state index is 0.323. The Labute approximate surface area is 109 Å². The maximum atomic E-state index is 13.3. The third-order valence-corrected chi connectivity index (χ3v) is 2.71. The Morgan fingerprint density at radius 2 is 2.16 bits per heavy atom. The van der Waals surface area contributed by atoms with Crippen LogP contribution in [0.15, 0.2) is 30.5 Å². The number of hydrogen-bond acceptors (Lipinski definition) is 2. The van der Waals surface area contributed by atoms with Gasteiger partial charge in [-0.2, -0.15) is 0 Å². The zero-order valence-electron chi connectivity index (χ0n) is 10.0. The summed E-state index contributed by atoms with van der Waals surface area (Å²) in [5.74, 6) is -2.23. The molecule has 94 valence electrons. The first-order valence-corrected chi connectivity index (χ1v) is 5.40. The van der Waals surface area contributed by atoms with Gasteiger partial charge in [-0.25, -0.2) is 14.0 Å². The van der Waals surface area contributed by atoms with Gasteiger partial charge < -0.3 is 5.11 Å². The maximum absolute atomic E-state index is 13.3. The van der Waals surface area contributed by atoms with E-state index in [4.69, 9.17) is 11.7 Å². The lowest BCUT2D eigenvalue weighted by Gasteiger charge is -2.05. The van der Waals surface area contributed by atoms with Crippen LogP contribution in [0.25, 0.3) is 16.1 Å². The number of carboxylic acids is 1. The SMILES string of the molecule is [C-]#[N+]c1cc(-c2cc(C(=O)O)c(F)cn2)ccc1C. The second kappa shape index (κ2) is 4.86. The molecule has 0 aliphatic carbocycles. The Hall–Kier alpha value is -2.74. The van der Waals surface area contributed by atoms with Crippen molar-refractivity contribution in [2.24, 2.45) is 0 Å². The molecule has 1 heterocycles. The van der Waals surface area contributed by atoms with Crippen LogP contribution in [0.4, 0.5) is 10.1 Å². The highest BCUT2D eigenvalue weighted by atomic mass is 19.1. The van der Waals surface area contributed by atoms with Crippen LogP contribution in [0.5, 0.6) is 0 Å². The van der Waals surface area contributed by atoms with Gasteiger partial charge in [0.2, 0.25) is 0 Å². The Morgan fingerprint density at radius 1 is 1.42 bits per heavy atom. The molecule has 0 fully saturated rings. The van der Waals surface area contributed by atoms with E-state index in [2.05, 4.69) is 9.83 Å². The van der Waals surface area contributed by atoms with Crippen molar-refractivity contribution in [2.45, 2.75) is 6.92 Å². The fraction of sp³-hybridized carbons (Fsp3) is 0.0714. The summed E-state index contributed by atoms with van der Waals surface area (Å²) in [6.07, 6.45) is 0.871. The minimum atomic E-state index is -1.35. The molecule has 0 amide bonds.